The number of hydrogen-bond donors (Lipinski definition) is 1. The summed E-state index contributed by atoms with van der Waals surface area (Å²) in [4.78, 5) is 14.3. The minimum absolute atomic E-state index is 0.146. The van der Waals surface area contributed by atoms with E-state index < -0.39 is 5.79 Å². The topological polar surface area (TPSA) is 69.3 Å². The minimum atomic E-state index is -0.439. The van der Waals surface area contributed by atoms with Gasteiger partial charge >= 0.3 is 0 Å². The third-order valence-corrected chi connectivity index (χ3v) is 4.75. The molecule has 3 rings (SSSR count). The Labute approximate surface area is 148 Å². The molecule has 2 fully saturated rings. The van der Waals surface area contributed by atoms with Gasteiger partial charge in [-0.1, -0.05) is 0 Å². The smallest absolute Gasteiger partial charge is 0.224 e. The van der Waals surface area contributed by atoms with Crippen molar-refractivity contribution < 1.29 is 23.7 Å². The van der Waals surface area contributed by atoms with Gasteiger partial charge in [-0.05, 0) is 12.1 Å². The fraction of sp³-hybridized carbons (Fsp3) is 0.611. The number of anilines is 1. The molecule has 1 N–H and O–H groups in total. The van der Waals surface area contributed by atoms with Crippen molar-refractivity contribution in [2.45, 2.75) is 25.0 Å². The zero-order valence-electron chi connectivity index (χ0n) is 14.9. The SMILES string of the molecule is COc1ccc(NCCC(=O)N2CCC3(CC2)OCCO3)c(OC)c1. The molecule has 2 heterocycles. The van der Waals surface area contributed by atoms with E-state index in [1.807, 2.05) is 23.1 Å². The fourth-order valence-electron chi connectivity index (χ4n) is 3.29. The molecule has 1 aromatic carbocycles. The molecule has 138 valence electrons. The summed E-state index contributed by atoms with van der Waals surface area (Å²) >= 11 is 0. The highest BCUT2D eigenvalue weighted by atomic mass is 16.7. The lowest BCUT2D eigenvalue weighted by Gasteiger charge is -2.37. The molecule has 1 amide bonds. The first kappa shape index (κ1) is 17.8. The van der Waals surface area contributed by atoms with Crippen LogP contribution >= 0.6 is 0 Å². The van der Waals surface area contributed by atoms with Crippen LogP contribution in [0, 0.1) is 0 Å². The van der Waals surface area contributed by atoms with Gasteiger partial charge in [-0.3, -0.25) is 4.79 Å². The average Bonchev–Trinajstić information content (AvgIpc) is 3.10. The van der Waals surface area contributed by atoms with Crippen molar-refractivity contribution in [2.75, 3.05) is 52.4 Å². The lowest BCUT2D eigenvalue weighted by molar-refractivity contribution is -0.187. The molecule has 0 bridgehead atoms. The quantitative estimate of drug-likeness (QED) is 0.845. The van der Waals surface area contributed by atoms with Crippen molar-refractivity contribution in [1.29, 1.82) is 0 Å². The van der Waals surface area contributed by atoms with E-state index >= 15 is 0 Å². The number of ether oxygens (including phenoxy) is 4. The van der Waals surface area contributed by atoms with Gasteiger partial charge in [0.2, 0.25) is 5.91 Å². The van der Waals surface area contributed by atoms with E-state index in [9.17, 15) is 4.79 Å². The van der Waals surface area contributed by atoms with E-state index in [0.29, 0.717) is 45.0 Å². The highest BCUT2D eigenvalue weighted by Crippen LogP contribution is 2.31. The second kappa shape index (κ2) is 7.93. The highest BCUT2D eigenvalue weighted by Gasteiger charge is 2.40. The lowest BCUT2D eigenvalue weighted by atomic mass is 10.0. The summed E-state index contributed by atoms with van der Waals surface area (Å²) < 4.78 is 21.9. The first-order chi connectivity index (χ1) is 12.2. The number of carbonyl (C=O) groups is 1. The van der Waals surface area contributed by atoms with Crippen LogP contribution in [0.25, 0.3) is 0 Å². The molecule has 1 aromatic rings. The molecule has 25 heavy (non-hydrogen) atoms. The van der Waals surface area contributed by atoms with Gasteiger partial charge in [0.1, 0.15) is 11.5 Å². The van der Waals surface area contributed by atoms with Gasteiger partial charge < -0.3 is 29.2 Å². The zero-order valence-corrected chi connectivity index (χ0v) is 14.9. The van der Waals surface area contributed by atoms with Crippen LogP contribution in [0.15, 0.2) is 18.2 Å². The van der Waals surface area contributed by atoms with Crippen LogP contribution in [-0.4, -0.2) is 63.7 Å². The van der Waals surface area contributed by atoms with Crippen molar-refractivity contribution in [1.82, 2.24) is 4.90 Å². The van der Waals surface area contributed by atoms with E-state index in [1.54, 1.807) is 14.2 Å². The lowest BCUT2D eigenvalue weighted by Crippen LogP contribution is -2.47. The molecule has 7 nitrogen and oxygen atoms in total. The number of rotatable bonds is 6. The van der Waals surface area contributed by atoms with Gasteiger partial charge in [0.15, 0.2) is 5.79 Å². The molecular formula is C18H26N2O5. The van der Waals surface area contributed by atoms with Crippen molar-refractivity contribution in [3.8, 4) is 11.5 Å². The standard InChI is InChI=1S/C18H26N2O5/c1-22-14-3-4-15(16(13-14)23-2)19-8-5-17(21)20-9-6-18(7-10-20)24-11-12-25-18/h3-4,13,19H,5-12H2,1-2H3. The summed E-state index contributed by atoms with van der Waals surface area (Å²) in [6.07, 6.45) is 1.93. The van der Waals surface area contributed by atoms with E-state index in [2.05, 4.69) is 5.32 Å². The molecule has 2 aliphatic heterocycles. The summed E-state index contributed by atoms with van der Waals surface area (Å²) in [5.41, 5.74) is 0.849. The number of methoxy groups -OCH3 is 2. The number of amides is 1. The predicted molar refractivity (Wildman–Crippen MR) is 93.1 cm³/mol. The summed E-state index contributed by atoms with van der Waals surface area (Å²) in [5, 5.41) is 3.26. The first-order valence-corrected chi connectivity index (χ1v) is 8.67. The first-order valence-electron chi connectivity index (χ1n) is 8.67. The number of hydrogen-bond acceptors (Lipinski definition) is 6. The maximum absolute atomic E-state index is 12.4. The predicted octanol–water partition coefficient (Wildman–Crippen LogP) is 1.87. The molecule has 2 aliphatic rings. The van der Waals surface area contributed by atoms with Crippen molar-refractivity contribution in [2.24, 2.45) is 0 Å². The van der Waals surface area contributed by atoms with E-state index in [4.69, 9.17) is 18.9 Å². The number of nitrogens with zero attached hydrogens (tertiary/aromatic N) is 1. The van der Waals surface area contributed by atoms with Crippen LogP contribution in [0.4, 0.5) is 5.69 Å². The largest absolute Gasteiger partial charge is 0.497 e. The molecule has 1 spiro atoms. The van der Waals surface area contributed by atoms with Gasteiger partial charge in [-0.25, -0.2) is 0 Å². The normalized spacial score (nSPS) is 19.0. The Morgan fingerprint density at radius 1 is 1.20 bits per heavy atom. The van der Waals surface area contributed by atoms with Crippen LogP contribution in [0.5, 0.6) is 11.5 Å². The van der Waals surface area contributed by atoms with Crippen molar-refractivity contribution >= 4 is 11.6 Å². The Hall–Kier alpha value is -1.99. The summed E-state index contributed by atoms with van der Waals surface area (Å²) in [7, 11) is 3.23. The second-order valence-electron chi connectivity index (χ2n) is 6.23. The Kier molecular flexibility index (Phi) is 5.65. The van der Waals surface area contributed by atoms with Crippen LogP contribution in [-0.2, 0) is 14.3 Å². The molecule has 0 aromatic heterocycles. The second-order valence-corrected chi connectivity index (χ2v) is 6.23. The van der Waals surface area contributed by atoms with Crippen molar-refractivity contribution in [3.05, 3.63) is 18.2 Å². The van der Waals surface area contributed by atoms with Crippen LogP contribution in [0.3, 0.4) is 0 Å². The maximum atomic E-state index is 12.4. The number of nitrogens with one attached hydrogen (secondary N) is 1. The number of piperidine rings is 1. The third-order valence-electron chi connectivity index (χ3n) is 4.75. The van der Waals surface area contributed by atoms with Gasteiger partial charge in [0, 0.05) is 45.0 Å². The molecule has 0 atom stereocenters. The van der Waals surface area contributed by atoms with E-state index in [-0.39, 0.29) is 5.91 Å². The van der Waals surface area contributed by atoms with Gasteiger partial charge in [-0.2, -0.15) is 0 Å². The Morgan fingerprint density at radius 2 is 1.92 bits per heavy atom. The average molecular weight is 350 g/mol. The summed E-state index contributed by atoms with van der Waals surface area (Å²) in [5.74, 6) is 1.14. The fourth-order valence-corrected chi connectivity index (χ4v) is 3.29. The molecule has 0 aliphatic carbocycles. The van der Waals surface area contributed by atoms with E-state index in [0.717, 1.165) is 24.3 Å². The molecule has 0 saturated carbocycles. The van der Waals surface area contributed by atoms with Gasteiger partial charge in [-0.15, -0.1) is 0 Å². The number of carbonyl (C=O) groups excluding carboxylic acids is 1. The molecule has 0 unspecified atom stereocenters. The van der Waals surface area contributed by atoms with Crippen molar-refractivity contribution in [3.63, 3.8) is 0 Å². The van der Waals surface area contributed by atoms with Crippen LogP contribution < -0.4 is 14.8 Å². The van der Waals surface area contributed by atoms with Gasteiger partial charge in [0.05, 0.1) is 33.1 Å². The monoisotopic (exact) mass is 350 g/mol. The molecular weight excluding hydrogens is 324 g/mol. The Morgan fingerprint density at radius 3 is 2.56 bits per heavy atom. The highest BCUT2D eigenvalue weighted by molar-refractivity contribution is 5.77. The third kappa shape index (κ3) is 4.16. The van der Waals surface area contributed by atoms with Gasteiger partial charge in [0.25, 0.3) is 0 Å². The van der Waals surface area contributed by atoms with Crippen LogP contribution in [0.2, 0.25) is 0 Å². The molecule has 2 saturated heterocycles. The van der Waals surface area contributed by atoms with E-state index in [1.165, 1.54) is 0 Å². The van der Waals surface area contributed by atoms with Crippen LogP contribution in [0.1, 0.15) is 19.3 Å². The molecule has 0 radical (unpaired) electrons. The minimum Gasteiger partial charge on any atom is -0.497 e. The number of likely N-dealkylation sites (tertiary alicyclic amines) is 1. The Balaban J connectivity index is 1.45. The zero-order chi connectivity index (χ0) is 17.7. The molecule has 7 heteroatoms. The summed E-state index contributed by atoms with van der Waals surface area (Å²) in [6, 6.07) is 5.57. The Bertz CT molecular complexity index is 591. The summed E-state index contributed by atoms with van der Waals surface area (Å²) in [6.45, 7) is 3.23. The number of benzene rings is 1. The maximum Gasteiger partial charge on any atom is 0.224 e.